The van der Waals surface area contributed by atoms with Crippen molar-refractivity contribution in [3.05, 3.63) is 60.8 Å². The molecule has 0 saturated carbocycles. The van der Waals surface area contributed by atoms with Crippen molar-refractivity contribution in [3.8, 4) is 16.9 Å². The molecular formula is C20H20N2O2. The van der Waals surface area contributed by atoms with Crippen LogP contribution >= 0.6 is 0 Å². The SMILES string of the molecule is CC(C)(C)NC(=O)Oc1ccc(-c2cnc3ccccc3c2)cc1. The van der Waals surface area contributed by atoms with Gasteiger partial charge < -0.3 is 10.1 Å². The molecule has 0 fully saturated rings. The van der Waals surface area contributed by atoms with Gasteiger partial charge in [0, 0.05) is 22.7 Å². The molecule has 0 atom stereocenters. The van der Waals surface area contributed by atoms with Crippen LogP contribution in [0.5, 0.6) is 5.75 Å². The third kappa shape index (κ3) is 3.90. The Labute approximate surface area is 141 Å². The van der Waals surface area contributed by atoms with Crippen LogP contribution in [-0.4, -0.2) is 16.6 Å². The lowest BCUT2D eigenvalue weighted by atomic mass is 10.1. The summed E-state index contributed by atoms with van der Waals surface area (Å²) in [6.07, 6.45) is 1.40. The van der Waals surface area contributed by atoms with Crippen molar-refractivity contribution in [3.63, 3.8) is 0 Å². The van der Waals surface area contributed by atoms with E-state index in [9.17, 15) is 4.79 Å². The van der Waals surface area contributed by atoms with E-state index in [1.165, 1.54) is 0 Å². The lowest BCUT2D eigenvalue weighted by molar-refractivity contribution is 0.190. The van der Waals surface area contributed by atoms with Crippen molar-refractivity contribution in [2.24, 2.45) is 0 Å². The Hall–Kier alpha value is -2.88. The molecule has 1 aromatic heterocycles. The normalized spacial score (nSPS) is 11.3. The number of nitrogens with zero attached hydrogens (tertiary/aromatic N) is 1. The van der Waals surface area contributed by atoms with Gasteiger partial charge in [0.25, 0.3) is 0 Å². The molecule has 0 radical (unpaired) electrons. The number of aromatic nitrogens is 1. The fourth-order valence-corrected chi connectivity index (χ4v) is 2.38. The number of carbonyl (C=O) groups excluding carboxylic acids is 1. The molecular weight excluding hydrogens is 300 g/mol. The first-order valence-electron chi connectivity index (χ1n) is 7.86. The van der Waals surface area contributed by atoms with Crippen molar-refractivity contribution in [2.45, 2.75) is 26.3 Å². The Bertz CT molecular complexity index is 865. The van der Waals surface area contributed by atoms with Gasteiger partial charge in [-0.05, 0) is 50.6 Å². The van der Waals surface area contributed by atoms with Gasteiger partial charge in [0.15, 0.2) is 0 Å². The Morgan fingerprint density at radius 3 is 2.42 bits per heavy atom. The van der Waals surface area contributed by atoms with E-state index in [1.807, 2.05) is 63.4 Å². The molecule has 2 aromatic carbocycles. The van der Waals surface area contributed by atoms with Crippen molar-refractivity contribution >= 4 is 17.0 Å². The van der Waals surface area contributed by atoms with Gasteiger partial charge in [-0.25, -0.2) is 4.79 Å². The van der Waals surface area contributed by atoms with E-state index in [-0.39, 0.29) is 5.54 Å². The van der Waals surface area contributed by atoms with E-state index in [2.05, 4.69) is 16.4 Å². The van der Waals surface area contributed by atoms with Gasteiger partial charge in [-0.1, -0.05) is 30.3 Å². The number of benzene rings is 2. The van der Waals surface area contributed by atoms with Crippen LogP contribution in [0, 0.1) is 0 Å². The van der Waals surface area contributed by atoms with Gasteiger partial charge in [0.1, 0.15) is 5.75 Å². The highest BCUT2D eigenvalue weighted by molar-refractivity contribution is 5.83. The topological polar surface area (TPSA) is 51.2 Å². The first-order chi connectivity index (χ1) is 11.4. The standard InChI is InChI=1S/C20H20N2O2/c1-20(2,3)22-19(23)24-17-10-8-14(9-11-17)16-12-15-6-4-5-7-18(15)21-13-16/h4-13H,1-3H3,(H,22,23). The molecule has 3 rings (SSSR count). The van der Waals surface area contributed by atoms with E-state index in [4.69, 9.17) is 4.74 Å². The van der Waals surface area contributed by atoms with Crippen LogP contribution in [0.15, 0.2) is 60.8 Å². The summed E-state index contributed by atoms with van der Waals surface area (Å²) in [6.45, 7) is 5.72. The molecule has 0 spiro atoms. The van der Waals surface area contributed by atoms with Crippen molar-refractivity contribution < 1.29 is 9.53 Å². The molecule has 0 unspecified atom stereocenters. The van der Waals surface area contributed by atoms with Gasteiger partial charge in [0.2, 0.25) is 0 Å². The number of ether oxygens (including phenoxy) is 1. The molecule has 0 aliphatic heterocycles. The monoisotopic (exact) mass is 320 g/mol. The molecule has 3 aromatic rings. The first kappa shape index (κ1) is 16.0. The molecule has 0 saturated heterocycles. The molecule has 24 heavy (non-hydrogen) atoms. The number of pyridine rings is 1. The smallest absolute Gasteiger partial charge is 0.410 e. The predicted molar refractivity (Wildman–Crippen MR) is 96.1 cm³/mol. The number of fused-ring (bicyclic) bond motifs is 1. The van der Waals surface area contributed by atoms with Gasteiger partial charge in [-0.3, -0.25) is 4.98 Å². The van der Waals surface area contributed by atoms with Crippen LogP contribution in [0.1, 0.15) is 20.8 Å². The quantitative estimate of drug-likeness (QED) is 0.738. The summed E-state index contributed by atoms with van der Waals surface area (Å²) in [5.41, 5.74) is 2.70. The highest BCUT2D eigenvalue weighted by Gasteiger charge is 2.15. The fraction of sp³-hybridized carbons (Fsp3) is 0.200. The van der Waals surface area contributed by atoms with E-state index in [0.717, 1.165) is 22.0 Å². The van der Waals surface area contributed by atoms with E-state index < -0.39 is 6.09 Å². The van der Waals surface area contributed by atoms with Gasteiger partial charge >= 0.3 is 6.09 Å². The Kier molecular flexibility index (Phi) is 4.21. The second-order valence-electron chi connectivity index (χ2n) is 6.71. The number of para-hydroxylation sites is 1. The zero-order valence-corrected chi connectivity index (χ0v) is 14.0. The molecule has 1 amide bonds. The maximum absolute atomic E-state index is 11.8. The Balaban J connectivity index is 1.77. The highest BCUT2D eigenvalue weighted by atomic mass is 16.6. The van der Waals surface area contributed by atoms with Crippen LogP contribution in [0.2, 0.25) is 0 Å². The molecule has 1 heterocycles. The third-order valence-electron chi connectivity index (χ3n) is 3.47. The third-order valence-corrected chi connectivity index (χ3v) is 3.47. The summed E-state index contributed by atoms with van der Waals surface area (Å²) in [5, 5.41) is 3.86. The minimum absolute atomic E-state index is 0.326. The summed E-state index contributed by atoms with van der Waals surface area (Å²) in [4.78, 5) is 16.3. The summed E-state index contributed by atoms with van der Waals surface area (Å²) in [5.74, 6) is 0.509. The number of hydrogen-bond acceptors (Lipinski definition) is 3. The van der Waals surface area contributed by atoms with Crippen molar-refractivity contribution in [2.75, 3.05) is 0 Å². The molecule has 4 nitrogen and oxygen atoms in total. The van der Waals surface area contributed by atoms with Crippen LogP contribution in [-0.2, 0) is 0 Å². The van der Waals surface area contributed by atoms with Crippen LogP contribution in [0.25, 0.3) is 22.0 Å². The number of carbonyl (C=O) groups is 1. The van der Waals surface area contributed by atoms with E-state index >= 15 is 0 Å². The van der Waals surface area contributed by atoms with Crippen LogP contribution in [0.4, 0.5) is 4.79 Å². The number of hydrogen-bond donors (Lipinski definition) is 1. The summed E-state index contributed by atoms with van der Waals surface area (Å²) in [6, 6.07) is 17.5. The Morgan fingerprint density at radius 1 is 1.00 bits per heavy atom. The molecule has 1 N–H and O–H groups in total. The van der Waals surface area contributed by atoms with Crippen molar-refractivity contribution in [1.82, 2.24) is 10.3 Å². The second kappa shape index (κ2) is 6.32. The largest absolute Gasteiger partial charge is 0.413 e. The Morgan fingerprint density at radius 2 is 1.71 bits per heavy atom. The number of amides is 1. The highest BCUT2D eigenvalue weighted by Crippen LogP contribution is 2.24. The van der Waals surface area contributed by atoms with Gasteiger partial charge in [-0.2, -0.15) is 0 Å². The molecule has 0 bridgehead atoms. The predicted octanol–water partition coefficient (Wildman–Crippen LogP) is 4.79. The van der Waals surface area contributed by atoms with Crippen molar-refractivity contribution in [1.29, 1.82) is 0 Å². The maximum Gasteiger partial charge on any atom is 0.413 e. The van der Waals surface area contributed by atoms with Crippen LogP contribution in [0.3, 0.4) is 0 Å². The average Bonchev–Trinajstić information content (AvgIpc) is 2.53. The molecule has 0 aliphatic rings. The summed E-state index contributed by atoms with van der Waals surface area (Å²) in [7, 11) is 0. The molecule has 122 valence electrons. The average molecular weight is 320 g/mol. The number of nitrogens with one attached hydrogen (secondary N) is 1. The molecule has 4 heteroatoms. The first-order valence-corrected chi connectivity index (χ1v) is 7.86. The second-order valence-corrected chi connectivity index (χ2v) is 6.71. The van der Waals surface area contributed by atoms with Gasteiger partial charge in [0.05, 0.1) is 5.52 Å². The molecule has 0 aliphatic carbocycles. The zero-order chi connectivity index (χ0) is 17.2. The van der Waals surface area contributed by atoms with E-state index in [0.29, 0.717) is 5.75 Å². The lowest BCUT2D eigenvalue weighted by Gasteiger charge is -2.19. The number of rotatable bonds is 2. The van der Waals surface area contributed by atoms with E-state index in [1.54, 1.807) is 12.1 Å². The van der Waals surface area contributed by atoms with Gasteiger partial charge in [-0.15, -0.1) is 0 Å². The summed E-state index contributed by atoms with van der Waals surface area (Å²) >= 11 is 0. The minimum atomic E-state index is -0.456. The summed E-state index contributed by atoms with van der Waals surface area (Å²) < 4.78 is 5.29. The zero-order valence-electron chi connectivity index (χ0n) is 14.0. The van der Waals surface area contributed by atoms with Crippen LogP contribution < -0.4 is 10.1 Å². The fourth-order valence-electron chi connectivity index (χ4n) is 2.38. The lowest BCUT2D eigenvalue weighted by Crippen LogP contribution is -2.42. The maximum atomic E-state index is 11.8. The minimum Gasteiger partial charge on any atom is -0.410 e.